The van der Waals surface area contributed by atoms with E-state index >= 15 is 0 Å². The minimum atomic E-state index is -0.843. The number of rotatable bonds is 6. The third-order valence-electron chi connectivity index (χ3n) is 3.22. The summed E-state index contributed by atoms with van der Waals surface area (Å²) in [6, 6.07) is 11.0. The van der Waals surface area contributed by atoms with Gasteiger partial charge in [-0.2, -0.15) is 0 Å². The van der Waals surface area contributed by atoms with Crippen LogP contribution in [0.4, 0.5) is 0 Å². The molecule has 0 bridgehead atoms. The summed E-state index contributed by atoms with van der Waals surface area (Å²) in [7, 11) is 0. The van der Waals surface area contributed by atoms with E-state index in [1.165, 1.54) is 0 Å². The molecule has 0 saturated carbocycles. The second-order valence-electron chi connectivity index (χ2n) is 5.21. The zero-order valence-electron chi connectivity index (χ0n) is 12.0. The Morgan fingerprint density at radius 1 is 1.24 bits per heavy atom. The van der Waals surface area contributed by atoms with Crippen molar-refractivity contribution in [1.29, 1.82) is 0 Å². The van der Waals surface area contributed by atoms with E-state index in [-0.39, 0.29) is 5.92 Å². The highest BCUT2D eigenvalue weighted by atomic mass is 79.9. The molecule has 0 fully saturated rings. The molecular formula is C16H18BrNO3. The molecule has 0 spiro atoms. The van der Waals surface area contributed by atoms with Crippen LogP contribution < -0.4 is 5.32 Å². The fourth-order valence-corrected chi connectivity index (χ4v) is 2.33. The van der Waals surface area contributed by atoms with Crippen LogP contribution in [0, 0.1) is 5.92 Å². The van der Waals surface area contributed by atoms with Gasteiger partial charge in [-0.1, -0.05) is 41.9 Å². The lowest BCUT2D eigenvalue weighted by Gasteiger charge is -2.16. The lowest BCUT2D eigenvalue weighted by molar-refractivity contribution is -0.140. The van der Waals surface area contributed by atoms with E-state index in [0.29, 0.717) is 6.54 Å². The molecule has 0 amide bonds. The minimum absolute atomic E-state index is 0.0170. The van der Waals surface area contributed by atoms with Crippen molar-refractivity contribution in [1.82, 2.24) is 5.32 Å². The number of benzene rings is 1. The van der Waals surface area contributed by atoms with E-state index < -0.39 is 12.0 Å². The van der Waals surface area contributed by atoms with Crippen LogP contribution in [-0.4, -0.2) is 17.1 Å². The zero-order chi connectivity index (χ0) is 15.4. The van der Waals surface area contributed by atoms with Gasteiger partial charge >= 0.3 is 5.97 Å². The third-order valence-corrected chi connectivity index (χ3v) is 3.75. The molecule has 2 rings (SSSR count). The van der Waals surface area contributed by atoms with Gasteiger partial charge in [-0.05, 0) is 30.2 Å². The van der Waals surface area contributed by atoms with Crippen molar-refractivity contribution < 1.29 is 14.3 Å². The van der Waals surface area contributed by atoms with Crippen molar-refractivity contribution in [3.63, 3.8) is 0 Å². The Morgan fingerprint density at radius 2 is 1.90 bits per heavy atom. The Bertz CT molecular complexity index is 604. The molecule has 1 aromatic heterocycles. The minimum Gasteiger partial charge on any atom is -0.480 e. The van der Waals surface area contributed by atoms with Gasteiger partial charge in [0.15, 0.2) is 0 Å². The van der Waals surface area contributed by atoms with Gasteiger partial charge in [0, 0.05) is 10.0 Å². The number of hydrogen-bond donors (Lipinski definition) is 2. The monoisotopic (exact) mass is 351 g/mol. The topological polar surface area (TPSA) is 62.5 Å². The number of carboxylic acid groups (broad SMARTS) is 1. The maximum atomic E-state index is 11.1. The summed E-state index contributed by atoms with van der Waals surface area (Å²) >= 11 is 3.39. The van der Waals surface area contributed by atoms with Crippen LogP contribution in [-0.2, 0) is 11.3 Å². The third kappa shape index (κ3) is 4.19. The van der Waals surface area contributed by atoms with Gasteiger partial charge in [0.2, 0.25) is 0 Å². The van der Waals surface area contributed by atoms with Crippen molar-refractivity contribution in [2.24, 2.45) is 5.92 Å². The summed E-state index contributed by atoms with van der Waals surface area (Å²) in [5, 5.41) is 12.1. The number of furan rings is 1. The van der Waals surface area contributed by atoms with Gasteiger partial charge in [-0.3, -0.25) is 10.1 Å². The number of nitrogens with one attached hydrogen (secondary N) is 1. The van der Waals surface area contributed by atoms with Gasteiger partial charge < -0.3 is 9.52 Å². The first kappa shape index (κ1) is 15.8. The first-order chi connectivity index (χ1) is 9.97. The van der Waals surface area contributed by atoms with E-state index in [2.05, 4.69) is 21.2 Å². The number of aliphatic carboxylic acids is 1. The summed E-state index contributed by atoms with van der Waals surface area (Å²) in [5.74, 6) is 0.670. The van der Waals surface area contributed by atoms with Gasteiger partial charge in [0.05, 0.1) is 6.54 Å². The summed E-state index contributed by atoms with van der Waals surface area (Å²) in [6.07, 6.45) is 0. The largest absolute Gasteiger partial charge is 0.480 e. The Morgan fingerprint density at radius 3 is 2.48 bits per heavy atom. The Kier molecular flexibility index (Phi) is 5.20. The average molecular weight is 352 g/mol. The Hall–Kier alpha value is -1.59. The summed E-state index contributed by atoms with van der Waals surface area (Å²) in [5.41, 5.74) is 0.989. The normalized spacial score (nSPS) is 12.6. The Balaban J connectivity index is 2.03. The van der Waals surface area contributed by atoms with E-state index in [9.17, 15) is 4.79 Å². The van der Waals surface area contributed by atoms with Crippen LogP contribution in [0.5, 0.6) is 0 Å². The highest BCUT2D eigenvalue weighted by Gasteiger charge is 2.20. The molecule has 21 heavy (non-hydrogen) atoms. The molecule has 2 aromatic rings. The van der Waals surface area contributed by atoms with Crippen LogP contribution in [0.1, 0.15) is 19.6 Å². The van der Waals surface area contributed by atoms with Crippen LogP contribution in [0.15, 0.2) is 45.3 Å². The molecular weight excluding hydrogens is 334 g/mol. The molecule has 4 nitrogen and oxygen atoms in total. The molecule has 0 aliphatic heterocycles. The van der Waals surface area contributed by atoms with E-state index in [1.54, 1.807) is 0 Å². The van der Waals surface area contributed by atoms with Gasteiger partial charge in [-0.15, -0.1) is 0 Å². The molecule has 0 saturated heterocycles. The predicted octanol–water partition coefficient (Wildman–Crippen LogP) is 3.91. The fourth-order valence-electron chi connectivity index (χ4n) is 2.06. The molecule has 1 heterocycles. The number of hydrogen-bond acceptors (Lipinski definition) is 3. The van der Waals surface area contributed by atoms with Crippen LogP contribution in [0.25, 0.3) is 11.3 Å². The Labute approximate surface area is 132 Å². The average Bonchev–Trinajstić information content (AvgIpc) is 2.87. The van der Waals surface area contributed by atoms with Crippen molar-refractivity contribution in [3.8, 4) is 11.3 Å². The molecule has 2 N–H and O–H groups in total. The zero-order valence-corrected chi connectivity index (χ0v) is 13.6. The number of carbonyl (C=O) groups is 1. The van der Waals surface area contributed by atoms with E-state index in [1.807, 2.05) is 50.2 Å². The fraction of sp³-hybridized carbons (Fsp3) is 0.312. The molecule has 112 valence electrons. The maximum absolute atomic E-state index is 11.1. The molecule has 5 heteroatoms. The standard InChI is InChI=1S/C16H18BrNO3/c1-10(2)15(16(19)20)18-9-13-7-8-14(21-13)11-3-5-12(17)6-4-11/h3-8,10,15,18H,9H2,1-2H3,(H,19,20)/t15-/m0/s1. The molecule has 1 aromatic carbocycles. The van der Waals surface area contributed by atoms with Crippen molar-refractivity contribution >= 4 is 21.9 Å². The van der Waals surface area contributed by atoms with Crippen molar-refractivity contribution in [2.45, 2.75) is 26.4 Å². The van der Waals surface area contributed by atoms with Gasteiger partial charge in [-0.25, -0.2) is 0 Å². The quantitative estimate of drug-likeness (QED) is 0.828. The molecule has 0 radical (unpaired) electrons. The van der Waals surface area contributed by atoms with Gasteiger partial charge in [0.25, 0.3) is 0 Å². The number of halogens is 1. The smallest absolute Gasteiger partial charge is 0.320 e. The van der Waals surface area contributed by atoms with E-state index in [0.717, 1.165) is 21.6 Å². The first-order valence-corrected chi connectivity index (χ1v) is 7.57. The number of carboxylic acids is 1. The summed E-state index contributed by atoms with van der Waals surface area (Å²) < 4.78 is 6.76. The van der Waals surface area contributed by atoms with Crippen LogP contribution >= 0.6 is 15.9 Å². The van der Waals surface area contributed by atoms with E-state index in [4.69, 9.17) is 9.52 Å². The van der Waals surface area contributed by atoms with Crippen LogP contribution in [0.2, 0.25) is 0 Å². The van der Waals surface area contributed by atoms with Crippen molar-refractivity contribution in [3.05, 3.63) is 46.6 Å². The summed E-state index contributed by atoms with van der Waals surface area (Å²) in [4.78, 5) is 11.1. The lowest BCUT2D eigenvalue weighted by Crippen LogP contribution is -2.40. The van der Waals surface area contributed by atoms with Crippen molar-refractivity contribution in [2.75, 3.05) is 0 Å². The SMILES string of the molecule is CC(C)[C@H](NCc1ccc(-c2ccc(Br)cc2)o1)C(=O)O. The molecule has 0 aliphatic carbocycles. The highest BCUT2D eigenvalue weighted by molar-refractivity contribution is 9.10. The second kappa shape index (κ2) is 6.91. The first-order valence-electron chi connectivity index (χ1n) is 6.78. The molecule has 0 aliphatic rings. The highest BCUT2D eigenvalue weighted by Crippen LogP contribution is 2.24. The maximum Gasteiger partial charge on any atom is 0.320 e. The summed E-state index contributed by atoms with van der Waals surface area (Å²) in [6.45, 7) is 4.15. The lowest BCUT2D eigenvalue weighted by atomic mass is 10.1. The second-order valence-corrected chi connectivity index (χ2v) is 6.13. The molecule has 0 unspecified atom stereocenters. The molecule has 1 atom stereocenters. The van der Waals surface area contributed by atoms with Crippen LogP contribution in [0.3, 0.4) is 0 Å². The predicted molar refractivity (Wildman–Crippen MR) is 84.9 cm³/mol. The van der Waals surface area contributed by atoms with Gasteiger partial charge in [0.1, 0.15) is 17.6 Å².